The summed E-state index contributed by atoms with van der Waals surface area (Å²) >= 11 is 0. The van der Waals surface area contributed by atoms with Crippen LogP contribution in [0.1, 0.15) is 45.4 Å². The number of hydrogen-bond donors (Lipinski definition) is 2. The van der Waals surface area contributed by atoms with Crippen molar-refractivity contribution in [3.05, 3.63) is 24.1 Å². The van der Waals surface area contributed by atoms with E-state index in [4.69, 9.17) is 10.2 Å². The van der Waals surface area contributed by atoms with E-state index in [0.717, 1.165) is 29.8 Å². The number of anilines is 1. The maximum absolute atomic E-state index is 12.1. The summed E-state index contributed by atoms with van der Waals surface area (Å²) in [5.74, 6) is 1.09. The molecule has 2 aromatic rings. The Kier molecular flexibility index (Phi) is 3.24. The lowest BCUT2D eigenvalue weighted by Gasteiger charge is -2.25. The van der Waals surface area contributed by atoms with Crippen molar-refractivity contribution in [1.29, 1.82) is 0 Å². The maximum Gasteiger partial charge on any atom is 0.241 e. The number of fused-ring (bicyclic) bond motifs is 1. The van der Waals surface area contributed by atoms with E-state index in [0.29, 0.717) is 11.6 Å². The Morgan fingerprint density at radius 2 is 2.14 bits per heavy atom. The number of benzene rings is 1. The number of hydrogen-bond acceptors (Lipinski definition) is 4. The lowest BCUT2D eigenvalue weighted by molar-refractivity contribution is -0.119. The van der Waals surface area contributed by atoms with Gasteiger partial charge in [-0.25, -0.2) is 4.98 Å². The Balaban J connectivity index is 1.79. The van der Waals surface area contributed by atoms with Gasteiger partial charge in [-0.3, -0.25) is 4.79 Å². The number of rotatable bonds is 3. The van der Waals surface area contributed by atoms with Gasteiger partial charge in [0.15, 0.2) is 11.5 Å². The quantitative estimate of drug-likeness (QED) is 0.909. The van der Waals surface area contributed by atoms with E-state index in [-0.39, 0.29) is 11.3 Å². The number of nitrogens with two attached hydrogens (primary N) is 1. The molecule has 0 saturated heterocycles. The monoisotopic (exact) mass is 287 g/mol. The molecular weight excluding hydrogens is 266 g/mol. The number of amides is 1. The normalized spacial score (nSPS) is 17.0. The summed E-state index contributed by atoms with van der Waals surface area (Å²) < 4.78 is 5.71. The third kappa shape index (κ3) is 2.93. The van der Waals surface area contributed by atoms with Crippen molar-refractivity contribution < 1.29 is 9.21 Å². The highest BCUT2D eigenvalue weighted by atomic mass is 16.3. The highest BCUT2D eigenvalue weighted by Crippen LogP contribution is 2.40. The summed E-state index contributed by atoms with van der Waals surface area (Å²) in [6.07, 6.45) is 2.30. The van der Waals surface area contributed by atoms with E-state index in [1.54, 1.807) is 0 Å². The van der Waals surface area contributed by atoms with Crippen LogP contribution >= 0.6 is 0 Å². The van der Waals surface area contributed by atoms with Gasteiger partial charge in [-0.1, -0.05) is 20.8 Å². The molecule has 1 aliphatic carbocycles. The smallest absolute Gasteiger partial charge is 0.241 e. The Bertz CT molecular complexity index is 680. The average molecular weight is 287 g/mol. The van der Waals surface area contributed by atoms with Crippen molar-refractivity contribution in [2.45, 2.75) is 45.6 Å². The van der Waals surface area contributed by atoms with Crippen LogP contribution < -0.4 is 11.1 Å². The van der Waals surface area contributed by atoms with Gasteiger partial charge in [-0.2, -0.15) is 0 Å². The Labute approximate surface area is 123 Å². The Morgan fingerprint density at radius 3 is 2.76 bits per heavy atom. The molecule has 3 rings (SSSR count). The van der Waals surface area contributed by atoms with Gasteiger partial charge >= 0.3 is 0 Å². The summed E-state index contributed by atoms with van der Waals surface area (Å²) in [5.41, 5.74) is 7.92. The van der Waals surface area contributed by atoms with Crippen LogP contribution in [0.2, 0.25) is 0 Å². The van der Waals surface area contributed by atoms with Crippen LogP contribution in [-0.4, -0.2) is 16.9 Å². The van der Waals surface area contributed by atoms with Crippen LogP contribution in [-0.2, 0) is 4.79 Å². The van der Waals surface area contributed by atoms with Gasteiger partial charge < -0.3 is 15.5 Å². The minimum atomic E-state index is -0.562. The van der Waals surface area contributed by atoms with E-state index >= 15 is 0 Å². The molecule has 1 aliphatic rings. The first-order chi connectivity index (χ1) is 9.84. The molecule has 0 aliphatic heterocycles. The molecule has 3 N–H and O–H groups in total. The third-order valence-electron chi connectivity index (χ3n) is 3.81. The fraction of sp³-hybridized carbons (Fsp3) is 0.500. The number of nitrogens with one attached hydrogen (secondary N) is 1. The van der Waals surface area contributed by atoms with Crippen molar-refractivity contribution in [3.8, 4) is 0 Å². The minimum Gasteiger partial charge on any atom is -0.440 e. The fourth-order valence-electron chi connectivity index (χ4n) is 2.14. The molecule has 1 aromatic carbocycles. The van der Waals surface area contributed by atoms with Crippen molar-refractivity contribution in [2.75, 3.05) is 5.32 Å². The van der Waals surface area contributed by atoms with E-state index in [2.05, 4.69) is 10.3 Å². The molecule has 112 valence electrons. The van der Waals surface area contributed by atoms with Gasteiger partial charge in [0.1, 0.15) is 5.52 Å². The molecule has 1 aromatic heterocycles. The summed E-state index contributed by atoms with van der Waals surface area (Å²) in [4.78, 5) is 16.6. The lowest BCUT2D eigenvalue weighted by Crippen LogP contribution is -2.45. The average Bonchev–Trinajstić information content (AvgIpc) is 3.17. The van der Waals surface area contributed by atoms with Gasteiger partial charge in [0, 0.05) is 11.6 Å². The second kappa shape index (κ2) is 4.84. The maximum atomic E-state index is 12.1. The number of carbonyl (C=O) groups is 1. The second-order valence-electron chi connectivity index (χ2n) is 6.84. The van der Waals surface area contributed by atoms with Gasteiger partial charge in [0.05, 0.1) is 6.04 Å². The molecule has 5 heteroatoms. The molecule has 1 heterocycles. The van der Waals surface area contributed by atoms with Crippen molar-refractivity contribution in [3.63, 3.8) is 0 Å². The zero-order valence-electron chi connectivity index (χ0n) is 12.6. The molecule has 1 atom stereocenters. The highest BCUT2D eigenvalue weighted by Gasteiger charge is 2.29. The number of carbonyl (C=O) groups excluding carboxylic acids is 1. The van der Waals surface area contributed by atoms with Crippen molar-refractivity contribution in [1.82, 2.24) is 4.98 Å². The van der Waals surface area contributed by atoms with Gasteiger partial charge in [-0.15, -0.1) is 0 Å². The number of aromatic nitrogens is 1. The van der Waals surface area contributed by atoms with Crippen molar-refractivity contribution in [2.24, 2.45) is 11.1 Å². The number of oxazole rings is 1. The first-order valence-corrected chi connectivity index (χ1v) is 7.31. The summed E-state index contributed by atoms with van der Waals surface area (Å²) in [6, 6.07) is 4.93. The van der Waals surface area contributed by atoms with Gasteiger partial charge in [0.2, 0.25) is 5.91 Å². The molecule has 1 saturated carbocycles. The molecule has 21 heavy (non-hydrogen) atoms. The summed E-state index contributed by atoms with van der Waals surface area (Å²) in [5, 5.41) is 2.85. The van der Waals surface area contributed by atoms with Crippen LogP contribution in [0.3, 0.4) is 0 Å². The van der Waals surface area contributed by atoms with Crippen LogP contribution in [0.5, 0.6) is 0 Å². The predicted octanol–water partition coefficient (Wildman–Crippen LogP) is 3.02. The van der Waals surface area contributed by atoms with Crippen LogP contribution in [0, 0.1) is 5.41 Å². The van der Waals surface area contributed by atoms with E-state index in [1.165, 1.54) is 0 Å². The summed E-state index contributed by atoms with van der Waals surface area (Å²) in [6.45, 7) is 5.83. The molecule has 1 unspecified atom stereocenters. The third-order valence-corrected chi connectivity index (χ3v) is 3.81. The van der Waals surface area contributed by atoms with Crippen LogP contribution in [0.25, 0.3) is 11.1 Å². The topological polar surface area (TPSA) is 81.2 Å². The standard InChI is InChI=1S/C16H21N3O2/c1-16(2,3)13(17)14(20)18-10-6-7-12-11(8-10)19-15(21-12)9-4-5-9/h6-9,13H,4-5,17H2,1-3H3,(H,18,20). The Morgan fingerprint density at radius 1 is 1.43 bits per heavy atom. The molecule has 0 bridgehead atoms. The fourth-order valence-corrected chi connectivity index (χ4v) is 2.14. The van der Waals surface area contributed by atoms with E-state index in [9.17, 15) is 4.79 Å². The number of nitrogens with zero attached hydrogens (tertiary/aromatic N) is 1. The second-order valence-corrected chi connectivity index (χ2v) is 6.84. The first kappa shape index (κ1) is 14.1. The molecule has 0 radical (unpaired) electrons. The molecule has 1 amide bonds. The molecule has 5 nitrogen and oxygen atoms in total. The largest absolute Gasteiger partial charge is 0.440 e. The molecule has 1 fully saturated rings. The van der Waals surface area contributed by atoms with Crippen LogP contribution in [0.15, 0.2) is 22.6 Å². The summed E-state index contributed by atoms with van der Waals surface area (Å²) in [7, 11) is 0. The molecular formula is C16H21N3O2. The zero-order chi connectivity index (χ0) is 15.2. The zero-order valence-corrected chi connectivity index (χ0v) is 12.6. The van der Waals surface area contributed by atoms with Crippen LogP contribution in [0.4, 0.5) is 5.69 Å². The first-order valence-electron chi connectivity index (χ1n) is 7.31. The van der Waals surface area contributed by atoms with E-state index in [1.807, 2.05) is 39.0 Å². The van der Waals surface area contributed by atoms with E-state index < -0.39 is 6.04 Å². The minimum absolute atomic E-state index is 0.187. The van der Waals surface area contributed by atoms with Gasteiger partial charge in [0.25, 0.3) is 0 Å². The highest BCUT2D eigenvalue weighted by molar-refractivity contribution is 5.96. The molecule has 0 spiro atoms. The SMILES string of the molecule is CC(C)(C)C(N)C(=O)Nc1ccc2oc(C3CC3)nc2c1. The Hall–Kier alpha value is -1.88. The lowest BCUT2D eigenvalue weighted by atomic mass is 9.87. The van der Waals surface area contributed by atoms with Gasteiger partial charge in [-0.05, 0) is 36.5 Å². The predicted molar refractivity (Wildman–Crippen MR) is 82.0 cm³/mol. The van der Waals surface area contributed by atoms with Crippen molar-refractivity contribution >= 4 is 22.7 Å².